The zero-order valence-corrected chi connectivity index (χ0v) is 29.2. The fraction of sp³-hybridized carbons (Fsp3) is 0.167. The van der Waals surface area contributed by atoms with E-state index in [1.54, 1.807) is 18.4 Å². The Morgan fingerprint density at radius 2 is 1.50 bits per heavy atom. The van der Waals surface area contributed by atoms with Gasteiger partial charge in [0.25, 0.3) is 5.56 Å². The van der Waals surface area contributed by atoms with Crippen LogP contribution in [0.5, 0.6) is 5.75 Å². The van der Waals surface area contributed by atoms with Gasteiger partial charge < -0.3 is 14.0 Å². The highest BCUT2D eigenvalue weighted by atomic mass is 32.1. The van der Waals surface area contributed by atoms with E-state index >= 15 is 0 Å². The summed E-state index contributed by atoms with van der Waals surface area (Å²) in [4.78, 5) is 33.4. The molecule has 0 amide bonds. The summed E-state index contributed by atoms with van der Waals surface area (Å²) >= 11 is 1.32. The molecular formula is C42H37N3O4S. The molecule has 2 aromatic heterocycles. The highest BCUT2D eigenvalue weighted by Crippen LogP contribution is 2.37. The van der Waals surface area contributed by atoms with Crippen LogP contribution < -0.4 is 19.6 Å². The summed E-state index contributed by atoms with van der Waals surface area (Å²) < 4.78 is 15.8. The van der Waals surface area contributed by atoms with Crippen LogP contribution in [0.15, 0.2) is 142 Å². The minimum absolute atomic E-state index is 0.00990. The molecule has 1 atom stereocenters. The summed E-state index contributed by atoms with van der Waals surface area (Å²) in [5, 5.41) is 0. The largest absolute Gasteiger partial charge is 0.491 e. The maximum atomic E-state index is 14.6. The van der Waals surface area contributed by atoms with E-state index in [0.29, 0.717) is 26.4 Å². The molecule has 0 saturated heterocycles. The molecule has 0 fully saturated rings. The van der Waals surface area contributed by atoms with Gasteiger partial charge in [-0.2, -0.15) is 0 Å². The Kier molecular flexibility index (Phi) is 9.19. The van der Waals surface area contributed by atoms with Crippen molar-refractivity contribution in [2.45, 2.75) is 39.8 Å². The monoisotopic (exact) mass is 679 g/mol. The van der Waals surface area contributed by atoms with Crippen LogP contribution in [-0.2, 0) is 9.53 Å². The lowest BCUT2D eigenvalue weighted by molar-refractivity contribution is -0.139. The Morgan fingerprint density at radius 3 is 2.12 bits per heavy atom. The average molecular weight is 680 g/mol. The van der Waals surface area contributed by atoms with Gasteiger partial charge in [-0.1, -0.05) is 102 Å². The van der Waals surface area contributed by atoms with E-state index in [4.69, 9.17) is 14.5 Å². The van der Waals surface area contributed by atoms with E-state index in [0.717, 1.165) is 39.3 Å². The number of thiazole rings is 1. The van der Waals surface area contributed by atoms with Gasteiger partial charge in [0.15, 0.2) is 4.80 Å². The number of carbonyl (C=O) groups is 1. The second kappa shape index (κ2) is 14.0. The molecule has 0 aliphatic carbocycles. The van der Waals surface area contributed by atoms with Crippen molar-refractivity contribution in [3.05, 3.63) is 163 Å². The van der Waals surface area contributed by atoms with E-state index in [1.165, 1.54) is 11.3 Å². The molecule has 1 aliphatic rings. The first-order valence-corrected chi connectivity index (χ1v) is 17.5. The van der Waals surface area contributed by atoms with Gasteiger partial charge in [0, 0.05) is 11.3 Å². The third-order valence-electron chi connectivity index (χ3n) is 8.53. The number of hydrogen-bond donors (Lipinski definition) is 0. The number of allylic oxidation sites excluding steroid dienone is 1. The Balaban J connectivity index is 1.47. The summed E-state index contributed by atoms with van der Waals surface area (Å²) in [5.41, 5.74) is 7.31. The lowest BCUT2D eigenvalue weighted by Gasteiger charge is -2.25. The molecule has 0 bridgehead atoms. The molecule has 0 N–H and O–H groups in total. The van der Waals surface area contributed by atoms with E-state index in [9.17, 15) is 9.59 Å². The van der Waals surface area contributed by atoms with Crippen LogP contribution in [0.25, 0.3) is 34.3 Å². The van der Waals surface area contributed by atoms with Crippen molar-refractivity contribution in [1.82, 2.24) is 9.13 Å². The first-order chi connectivity index (χ1) is 24.3. The highest BCUT2D eigenvalue weighted by Gasteiger charge is 2.33. The number of fused-ring (bicyclic) bond motifs is 1. The van der Waals surface area contributed by atoms with Gasteiger partial charge >= 0.3 is 5.97 Å². The van der Waals surface area contributed by atoms with E-state index < -0.39 is 12.0 Å². The summed E-state index contributed by atoms with van der Waals surface area (Å²) in [5.74, 6) is 0.217. The Hall–Kier alpha value is -5.73. The molecule has 7 rings (SSSR count). The first kappa shape index (κ1) is 32.8. The molecule has 4 aromatic carbocycles. The van der Waals surface area contributed by atoms with E-state index in [1.807, 2.05) is 98.8 Å². The summed E-state index contributed by atoms with van der Waals surface area (Å²) in [6.07, 6.45) is 1.97. The van der Waals surface area contributed by atoms with Gasteiger partial charge in [-0.25, -0.2) is 9.79 Å². The van der Waals surface area contributed by atoms with Crippen molar-refractivity contribution < 1.29 is 14.3 Å². The Morgan fingerprint density at radius 1 is 0.880 bits per heavy atom. The molecule has 250 valence electrons. The fourth-order valence-electron chi connectivity index (χ4n) is 6.45. The normalized spacial score (nSPS) is 14.4. The van der Waals surface area contributed by atoms with Crippen molar-refractivity contribution in [2.75, 3.05) is 6.61 Å². The number of esters is 1. The standard InChI is InChI=1S/C42H37N3O4S/c1-5-48-41(47)37-28(4)43-42-45(39(37)31-21-23-34(24-22-31)49-27(2)3)40(46)36(50-42)26-32-25-35(29-15-9-6-10-16-29)44(33-19-13-8-14-20-33)38(32)30-17-11-7-12-18-30/h6-27,39H,5H2,1-4H3/b36-26-/t39-/m0/s1. The molecule has 6 aromatic rings. The fourth-order valence-corrected chi connectivity index (χ4v) is 7.48. The maximum absolute atomic E-state index is 14.6. The number of para-hydroxylation sites is 1. The van der Waals surface area contributed by atoms with Gasteiger partial charge in [0.05, 0.1) is 45.9 Å². The number of rotatable bonds is 9. The number of hydrogen-bond acceptors (Lipinski definition) is 6. The van der Waals surface area contributed by atoms with Crippen LogP contribution in [0.2, 0.25) is 0 Å². The second-order valence-electron chi connectivity index (χ2n) is 12.3. The van der Waals surface area contributed by atoms with Gasteiger partial charge in [-0.3, -0.25) is 9.36 Å². The number of benzene rings is 4. The van der Waals surface area contributed by atoms with Crippen LogP contribution >= 0.6 is 11.3 Å². The maximum Gasteiger partial charge on any atom is 0.338 e. The number of ether oxygens (including phenoxy) is 2. The van der Waals surface area contributed by atoms with Gasteiger partial charge in [-0.05, 0) is 80.8 Å². The minimum Gasteiger partial charge on any atom is -0.491 e. The van der Waals surface area contributed by atoms with Crippen LogP contribution in [0.4, 0.5) is 0 Å². The first-order valence-electron chi connectivity index (χ1n) is 16.7. The smallest absolute Gasteiger partial charge is 0.338 e. The number of carbonyl (C=O) groups excluding carboxylic acids is 1. The molecule has 1 aliphatic heterocycles. The van der Waals surface area contributed by atoms with Crippen LogP contribution in [0, 0.1) is 0 Å². The van der Waals surface area contributed by atoms with Gasteiger partial charge in [-0.15, -0.1) is 0 Å². The summed E-state index contributed by atoms with van der Waals surface area (Å²) in [6.45, 7) is 7.71. The molecule has 0 saturated carbocycles. The zero-order valence-electron chi connectivity index (χ0n) is 28.4. The van der Waals surface area contributed by atoms with Crippen LogP contribution in [0.1, 0.15) is 44.9 Å². The topological polar surface area (TPSA) is 74.8 Å². The highest BCUT2D eigenvalue weighted by molar-refractivity contribution is 7.07. The third-order valence-corrected chi connectivity index (χ3v) is 9.52. The lowest BCUT2D eigenvalue weighted by atomic mass is 9.96. The molecule has 7 nitrogen and oxygen atoms in total. The second-order valence-corrected chi connectivity index (χ2v) is 13.3. The van der Waals surface area contributed by atoms with Crippen LogP contribution in [-0.4, -0.2) is 27.8 Å². The van der Waals surface area contributed by atoms with E-state index in [-0.39, 0.29) is 18.3 Å². The molecule has 0 unspecified atom stereocenters. The molecular weight excluding hydrogens is 643 g/mol. The van der Waals surface area contributed by atoms with E-state index in [2.05, 4.69) is 47.0 Å². The molecule has 50 heavy (non-hydrogen) atoms. The van der Waals surface area contributed by atoms with Crippen molar-refractivity contribution in [3.8, 4) is 34.0 Å². The van der Waals surface area contributed by atoms with Crippen molar-refractivity contribution in [1.29, 1.82) is 0 Å². The molecule has 3 heterocycles. The van der Waals surface area contributed by atoms with Crippen molar-refractivity contribution in [2.24, 2.45) is 4.99 Å². The SMILES string of the molecule is CCOC(=O)C1=C(C)N=c2s/c(=C\c3cc(-c4ccccc4)n(-c4ccccc4)c3-c3ccccc3)c(=O)n2[C@H]1c1ccc(OC(C)C)cc1. The zero-order chi connectivity index (χ0) is 34.8. The predicted octanol–water partition coefficient (Wildman–Crippen LogP) is 7.71. The van der Waals surface area contributed by atoms with Gasteiger partial charge in [0.2, 0.25) is 0 Å². The summed E-state index contributed by atoms with van der Waals surface area (Å²) in [7, 11) is 0. The van der Waals surface area contributed by atoms with Crippen molar-refractivity contribution in [3.63, 3.8) is 0 Å². The Labute approximate surface area is 294 Å². The minimum atomic E-state index is -0.719. The third kappa shape index (κ3) is 6.26. The quantitative estimate of drug-likeness (QED) is 0.147. The van der Waals surface area contributed by atoms with Crippen LogP contribution in [0.3, 0.4) is 0 Å². The Bertz CT molecular complexity index is 2370. The number of nitrogens with zero attached hydrogens (tertiary/aromatic N) is 3. The molecule has 0 radical (unpaired) electrons. The van der Waals surface area contributed by atoms with Gasteiger partial charge in [0.1, 0.15) is 5.75 Å². The lowest BCUT2D eigenvalue weighted by Crippen LogP contribution is -2.39. The number of aromatic nitrogens is 2. The molecule has 0 spiro atoms. The average Bonchev–Trinajstić information content (AvgIpc) is 3.66. The predicted molar refractivity (Wildman–Crippen MR) is 199 cm³/mol. The summed E-state index contributed by atoms with van der Waals surface area (Å²) in [6, 6.07) is 39.7. The van der Waals surface area contributed by atoms with Crippen molar-refractivity contribution >= 4 is 23.4 Å². The molecule has 8 heteroatoms.